The van der Waals surface area contributed by atoms with Crippen molar-refractivity contribution in [2.24, 2.45) is 0 Å². The normalized spacial score (nSPS) is 17.3. The van der Waals surface area contributed by atoms with Gasteiger partial charge in [-0.25, -0.2) is 4.79 Å². The largest absolute Gasteiger partial charge is 0.456 e. The molecule has 1 N–H and O–H groups in total. The average Bonchev–Trinajstić information content (AvgIpc) is 3.33. The summed E-state index contributed by atoms with van der Waals surface area (Å²) < 4.78 is 5.02. The van der Waals surface area contributed by atoms with E-state index in [2.05, 4.69) is 5.32 Å². The SMILES string of the molecule is O=C(CN1C(=O)NC2(CCCC2)C1=O)OCC(=O)c1ccc(-c2ccccc2)cc1. The number of amides is 3. The van der Waals surface area contributed by atoms with Gasteiger partial charge in [0, 0.05) is 5.56 Å². The van der Waals surface area contributed by atoms with Crippen molar-refractivity contribution in [3.8, 4) is 11.1 Å². The van der Waals surface area contributed by atoms with E-state index in [-0.39, 0.29) is 11.7 Å². The van der Waals surface area contributed by atoms with E-state index in [1.807, 2.05) is 42.5 Å². The van der Waals surface area contributed by atoms with E-state index >= 15 is 0 Å². The van der Waals surface area contributed by atoms with Gasteiger partial charge in [0.1, 0.15) is 12.1 Å². The Labute approximate surface area is 174 Å². The molecule has 3 amide bonds. The van der Waals surface area contributed by atoms with Crippen LogP contribution in [0.2, 0.25) is 0 Å². The molecule has 154 valence electrons. The van der Waals surface area contributed by atoms with Crippen molar-refractivity contribution in [3.05, 3.63) is 60.2 Å². The molecule has 1 aliphatic carbocycles. The first kappa shape index (κ1) is 19.8. The minimum atomic E-state index is -0.867. The molecule has 2 fully saturated rings. The highest BCUT2D eigenvalue weighted by molar-refractivity contribution is 6.09. The van der Waals surface area contributed by atoms with Crippen LogP contribution in [-0.2, 0) is 14.3 Å². The summed E-state index contributed by atoms with van der Waals surface area (Å²) in [6.45, 7) is -0.940. The van der Waals surface area contributed by atoms with Crippen LogP contribution in [0, 0.1) is 0 Å². The second-order valence-corrected chi connectivity index (χ2v) is 7.64. The lowest BCUT2D eigenvalue weighted by molar-refractivity contribution is -0.146. The van der Waals surface area contributed by atoms with Crippen LogP contribution in [-0.4, -0.2) is 47.3 Å². The number of nitrogens with zero attached hydrogens (tertiary/aromatic N) is 1. The predicted octanol–water partition coefficient (Wildman–Crippen LogP) is 2.94. The van der Waals surface area contributed by atoms with Gasteiger partial charge < -0.3 is 10.1 Å². The molecule has 1 spiro atoms. The van der Waals surface area contributed by atoms with Crippen molar-refractivity contribution in [2.45, 2.75) is 31.2 Å². The fourth-order valence-electron chi connectivity index (χ4n) is 4.02. The van der Waals surface area contributed by atoms with Gasteiger partial charge in [-0.1, -0.05) is 67.4 Å². The van der Waals surface area contributed by atoms with Crippen LogP contribution in [0.15, 0.2) is 54.6 Å². The fraction of sp³-hybridized carbons (Fsp3) is 0.304. The van der Waals surface area contributed by atoms with Gasteiger partial charge in [0.2, 0.25) is 0 Å². The van der Waals surface area contributed by atoms with Crippen LogP contribution in [0.1, 0.15) is 36.0 Å². The molecule has 0 bridgehead atoms. The summed E-state index contributed by atoms with van der Waals surface area (Å²) in [6.07, 6.45) is 2.89. The van der Waals surface area contributed by atoms with Crippen LogP contribution in [0.25, 0.3) is 11.1 Å². The third kappa shape index (κ3) is 3.83. The number of benzene rings is 2. The quantitative estimate of drug-likeness (QED) is 0.452. The highest BCUT2D eigenvalue weighted by Gasteiger charge is 2.52. The van der Waals surface area contributed by atoms with Gasteiger partial charge in [0.25, 0.3) is 5.91 Å². The second kappa shape index (κ2) is 8.10. The van der Waals surface area contributed by atoms with E-state index in [0.29, 0.717) is 18.4 Å². The first-order chi connectivity index (χ1) is 14.5. The highest BCUT2D eigenvalue weighted by Crippen LogP contribution is 2.34. The number of ether oxygens (including phenoxy) is 1. The summed E-state index contributed by atoms with van der Waals surface area (Å²) in [7, 11) is 0. The molecule has 0 atom stereocenters. The van der Waals surface area contributed by atoms with Crippen molar-refractivity contribution >= 4 is 23.7 Å². The molecule has 1 saturated carbocycles. The summed E-state index contributed by atoms with van der Waals surface area (Å²) >= 11 is 0. The second-order valence-electron chi connectivity index (χ2n) is 7.64. The zero-order valence-electron chi connectivity index (χ0n) is 16.4. The molecule has 1 heterocycles. The van der Waals surface area contributed by atoms with Crippen molar-refractivity contribution in [3.63, 3.8) is 0 Å². The summed E-state index contributed by atoms with van der Waals surface area (Å²) in [5, 5.41) is 2.71. The van der Waals surface area contributed by atoms with Gasteiger partial charge >= 0.3 is 12.0 Å². The summed E-state index contributed by atoms with van der Waals surface area (Å²) in [5.74, 6) is -1.53. The summed E-state index contributed by atoms with van der Waals surface area (Å²) in [6, 6.07) is 16.2. The zero-order valence-corrected chi connectivity index (χ0v) is 16.4. The summed E-state index contributed by atoms with van der Waals surface area (Å²) in [4.78, 5) is 50.0. The van der Waals surface area contributed by atoms with Gasteiger partial charge in [0.15, 0.2) is 12.4 Å². The minimum Gasteiger partial charge on any atom is -0.456 e. The van der Waals surface area contributed by atoms with Crippen molar-refractivity contribution < 1.29 is 23.9 Å². The van der Waals surface area contributed by atoms with Gasteiger partial charge in [-0.05, 0) is 24.0 Å². The lowest BCUT2D eigenvalue weighted by Crippen LogP contribution is -2.44. The number of hydrogen-bond acceptors (Lipinski definition) is 5. The van der Waals surface area contributed by atoms with Crippen molar-refractivity contribution in [2.75, 3.05) is 13.2 Å². The van der Waals surface area contributed by atoms with E-state index < -0.39 is 30.7 Å². The van der Waals surface area contributed by atoms with Gasteiger partial charge in [-0.3, -0.25) is 19.3 Å². The van der Waals surface area contributed by atoms with Crippen LogP contribution >= 0.6 is 0 Å². The number of ketones is 1. The number of esters is 1. The molecule has 0 aromatic heterocycles. The van der Waals surface area contributed by atoms with E-state index in [1.165, 1.54) is 0 Å². The van der Waals surface area contributed by atoms with Crippen molar-refractivity contribution in [1.82, 2.24) is 10.2 Å². The average molecular weight is 406 g/mol. The maximum atomic E-state index is 12.6. The Kier molecular flexibility index (Phi) is 5.35. The first-order valence-electron chi connectivity index (χ1n) is 9.97. The van der Waals surface area contributed by atoms with Gasteiger partial charge in [-0.15, -0.1) is 0 Å². The Morgan fingerprint density at radius 1 is 0.933 bits per heavy atom. The lowest BCUT2D eigenvalue weighted by atomic mass is 9.98. The highest BCUT2D eigenvalue weighted by atomic mass is 16.5. The number of imide groups is 1. The van der Waals surface area contributed by atoms with E-state index in [9.17, 15) is 19.2 Å². The molecule has 30 heavy (non-hydrogen) atoms. The van der Waals surface area contributed by atoms with Crippen LogP contribution < -0.4 is 5.32 Å². The first-order valence-corrected chi connectivity index (χ1v) is 9.97. The Morgan fingerprint density at radius 2 is 1.57 bits per heavy atom. The Hall–Kier alpha value is -3.48. The molecule has 4 rings (SSSR count). The minimum absolute atomic E-state index is 0.354. The summed E-state index contributed by atoms with van der Waals surface area (Å²) in [5.41, 5.74) is 1.57. The number of carbonyl (C=O) groups is 4. The number of nitrogens with one attached hydrogen (secondary N) is 1. The number of Topliss-reactive ketones (excluding diaryl/α,β-unsaturated/α-hetero) is 1. The molecule has 1 saturated heterocycles. The van der Waals surface area contributed by atoms with Crippen LogP contribution in [0.4, 0.5) is 4.79 Å². The molecule has 0 unspecified atom stereocenters. The lowest BCUT2D eigenvalue weighted by Gasteiger charge is -2.19. The molecular weight excluding hydrogens is 384 g/mol. The molecule has 7 nitrogen and oxygen atoms in total. The third-order valence-corrected chi connectivity index (χ3v) is 5.67. The number of carbonyl (C=O) groups excluding carboxylic acids is 4. The maximum Gasteiger partial charge on any atom is 0.326 e. The monoisotopic (exact) mass is 406 g/mol. The molecule has 0 radical (unpaired) electrons. The van der Waals surface area contributed by atoms with Gasteiger partial charge in [-0.2, -0.15) is 0 Å². The third-order valence-electron chi connectivity index (χ3n) is 5.67. The molecule has 2 aromatic rings. The van der Waals surface area contributed by atoms with E-state index in [1.54, 1.807) is 12.1 Å². The van der Waals surface area contributed by atoms with E-state index in [4.69, 9.17) is 4.74 Å². The molecule has 7 heteroatoms. The molecule has 1 aliphatic heterocycles. The maximum absolute atomic E-state index is 12.6. The molecule has 2 aromatic carbocycles. The standard InChI is InChI=1S/C23H22N2O5/c26-19(18-10-8-17(9-11-18)16-6-2-1-3-7-16)15-30-20(27)14-25-21(28)23(24-22(25)29)12-4-5-13-23/h1-3,6-11H,4-5,12-15H2,(H,24,29). The zero-order chi connectivity index (χ0) is 21.1. The van der Waals surface area contributed by atoms with E-state index in [0.717, 1.165) is 28.9 Å². The number of rotatable bonds is 6. The Bertz CT molecular complexity index is 978. The molecule has 2 aliphatic rings. The van der Waals surface area contributed by atoms with Crippen LogP contribution in [0.5, 0.6) is 0 Å². The Balaban J connectivity index is 1.31. The van der Waals surface area contributed by atoms with Gasteiger partial charge in [0.05, 0.1) is 0 Å². The topological polar surface area (TPSA) is 92.8 Å². The number of urea groups is 1. The Morgan fingerprint density at radius 3 is 2.23 bits per heavy atom. The fourth-order valence-corrected chi connectivity index (χ4v) is 4.02. The van der Waals surface area contributed by atoms with Crippen molar-refractivity contribution in [1.29, 1.82) is 0 Å². The van der Waals surface area contributed by atoms with Crippen LogP contribution in [0.3, 0.4) is 0 Å². The molecular formula is C23H22N2O5. The predicted molar refractivity (Wildman–Crippen MR) is 109 cm³/mol. The number of hydrogen-bond donors (Lipinski definition) is 1. The smallest absolute Gasteiger partial charge is 0.326 e.